The Morgan fingerprint density at radius 1 is 0.388 bits per heavy atom. The Morgan fingerprint density at radius 3 is 1.08 bits per heavy atom. The third-order valence-electron chi connectivity index (χ3n) is 15.6. The van der Waals surface area contributed by atoms with Gasteiger partial charge in [-0.15, -0.1) is 32.9 Å². The van der Waals surface area contributed by atoms with Crippen LogP contribution in [0.3, 0.4) is 0 Å². The maximum absolute atomic E-state index is 5.36. The molecule has 8 aromatic heterocycles. The van der Waals surface area contributed by atoms with Crippen LogP contribution in [-0.4, -0.2) is 83.3 Å². The first-order chi connectivity index (χ1) is 45.4. The van der Waals surface area contributed by atoms with Crippen molar-refractivity contribution in [1.29, 1.82) is 0 Å². The van der Waals surface area contributed by atoms with E-state index in [9.17, 15) is 0 Å². The second kappa shape index (κ2) is 43.6. The van der Waals surface area contributed by atoms with E-state index in [0.717, 1.165) is 70.2 Å². The summed E-state index contributed by atoms with van der Waals surface area (Å²) in [6.45, 7) is 79.6. The molecule has 0 fully saturated rings. The van der Waals surface area contributed by atoms with Crippen LogP contribution in [-0.2, 0) is 7.05 Å². The summed E-state index contributed by atoms with van der Waals surface area (Å²) in [6, 6.07) is 0. The van der Waals surface area contributed by atoms with Gasteiger partial charge in [0.05, 0.1) is 51.6 Å². The maximum atomic E-state index is 5.36. The van der Waals surface area contributed by atoms with Gasteiger partial charge in [-0.25, -0.2) is 19.9 Å². The molecule has 0 aliphatic carbocycles. The quantitative estimate of drug-likeness (QED) is 0.125. The molecule has 0 atom stereocenters. The van der Waals surface area contributed by atoms with E-state index in [4.69, 9.17) is 13.5 Å². The molecule has 0 amide bonds. The van der Waals surface area contributed by atoms with Crippen LogP contribution >= 0.6 is 45.7 Å². The van der Waals surface area contributed by atoms with Gasteiger partial charge in [0, 0.05) is 76.2 Å². The van der Waals surface area contributed by atoms with Crippen molar-refractivity contribution in [1.82, 2.24) is 58.7 Å². The largest absolute Gasteiger partial charge is 0.445 e. The van der Waals surface area contributed by atoms with E-state index in [1.54, 1.807) is 29.8 Å². The fraction of sp³-hybridized carbons (Fsp3) is 0.649. The van der Waals surface area contributed by atoms with Crippen molar-refractivity contribution in [3.05, 3.63) is 138 Å². The van der Waals surface area contributed by atoms with Crippen molar-refractivity contribution >= 4 is 57.2 Å². The van der Waals surface area contributed by atoms with Crippen LogP contribution in [0.5, 0.6) is 0 Å². The monoisotopic (exact) mass is 1420 g/mol. The molecule has 0 saturated heterocycles. The van der Waals surface area contributed by atoms with Gasteiger partial charge >= 0.3 is 0 Å². The number of hydrogen-bond donors (Lipinski definition) is 0. The average Bonchev–Trinajstić information content (AvgIpc) is 1.78. The van der Waals surface area contributed by atoms with Gasteiger partial charge in [-0.1, -0.05) is 149 Å². The van der Waals surface area contributed by atoms with E-state index >= 15 is 0 Å². The summed E-state index contributed by atoms with van der Waals surface area (Å²) < 4.78 is 25.7. The molecular weight excluding hydrogens is 1300 g/mol. The normalized spacial score (nSPS) is 12.4. The predicted molar refractivity (Wildman–Crippen MR) is 420 cm³/mol. The molecule has 2 aliphatic heterocycles. The van der Waals surface area contributed by atoms with Gasteiger partial charge < -0.3 is 18.0 Å². The van der Waals surface area contributed by atoms with Crippen molar-refractivity contribution < 1.29 is 13.5 Å². The lowest BCUT2D eigenvalue weighted by Gasteiger charge is -2.07. The highest BCUT2D eigenvalue weighted by atomic mass is 32.1. The highest BCUT2D eigenvalue weighted by molar-refractivity contribution is 7.12. The lowest BCUT2D eigenvalue weighted by molar-refractivity contribution is 0.385. The molecule has 98 heavy (non-hydrogen) atoms. The lowest BCUT2D eigenvalue weighted by Crippen LogP contribution is -2.02. The van der Waals surface area contributed by atoms with Gasteiger partial charge in [0.2, 0.25) is 5.89 Å². The van der Waals surface area contributed by atoms with Crippen LogP contribution in [0.25, 0.3) is 0 Å². The molecule has 2 aliphatic rings. The summed E-state index contributed by atoms with van der Waals surface area (Å²) in [6.07, 6.45) is 0. The summed E-state index contributed by atoms with van der Waals surface area (Å²) in [5, 5.41) is 19.1. The number of hydrogen-bond acceptors (Lipinski definition) is 20. The summed E-state index contributed by atoms with van der Waals surface area (Å²) in [4.78, 5) is 34.1. The number of aromatic nitrogens is 12. The molecule has 0 bridgehead atoms. The van der Waals surface area contributed by atoms with Crippen LogP contribution in [0.2, 0.25) is 0 Å². The first-order valence-corrected chi connectivity index (χ1v) is 38.1. The number of aliphatic imine (C=N–C) groups is 2. The number of oxazole rings is 1. The molecule has 0 aromatic carbocycles. The SMILES string of the molecule is CC1=NCC(C)=C1C(C)C.CC1=NCC(C)=C1C(C)C.Cc1nc(C(C)C)c(C)s1.Cc1nc(C(C)C)no1.Cc1nc(C(C)C)ns1.Cc1nc(C)c(C(C)C)o1.Cc1nc(C)c(C(C)C)s1.Cc1nnc(C(C)C)n1C.Cc1onc(C(C)C)c1C.Cc1snc(C(C)C)c1C. The molecular formula is C77H128N14O3S4. The molecule has 0 radical (unpaired) electrons. The van der Waals surface area contributed by atoms with E-state index in [-0.39, 0.29) is 0 Å². The zero-order valence-corrected chi connectivity index (χ0v) is 71.1. The Kier molecular flexibility index (Phi) is 40.0. The highest BCUT2D eigenvalue weighted by Crippen LogP contribution is 2.28. The molecule has 8 aromatic rings. The Labute approximate surface area is 609 Å². The Hall–Kier alpha value is -6.03. The molecule has 17 nitrogen and oxygen atoms in total. The van der Waals surface area contributed by atoms with Crippen molar-refractivity contribution in [3.8, 4) is 0 Å². The van der Waals surface area contributed by atoms with Gasteiger partial charge in [0.1, 0.15) is 34.0 Å². The van der Waals surface area contributed by atoms with Crippen molar-refractivity contribution in [2.24, 2.45) is 28.9 Å². The second-order valence-electron chi connectivity index (χ2n) is 28.3. The minimum atomic E-state index is 0.363. The Morgan fingerprint density at radius 2 is 0.898 bits per heavy atom. The standard InChI is InChI=1S/2C9H15N.2C8H13NO.3C8H13NS.C7H13N3.C6H10N2O.C6H10N2S/c2*1-6(2)9-7(3)5-10-8(9)4;1-5(2)8-6(3)9-7(4)10-8;1-5(2)8-6(3)7(4)10-9-8;1-5(2)8-6(3)10-7(4)9-8;1-5(2)8-6(3)9-7(4)10-8;1-5(2)8-6(3)7(4)10-9-8;1-5(2)7-9-8-6(3)10(7)4;2*1-4(2)6-7-5(3)9-8-6/h2*6H,5H2,1-4H3;6*5H,1-4H3;2*4H,1-3H3. The highest BCUT2D eigenvalue weighted by Gasteiger charge is 2.18. The van der Waals surface area contributed by atoms with E-state index < -0.39 is 0 Å². The molecule has 10 rings (SSSR count). The second-order valence-corrected chi connectivity index (χ2v) is 32.9. The molecule has 0 unspecified atom stereocenters. The molecule has 21 heteroatoms. The summed E-state index contributed by atoms with van der Waals surface area (Å²) in [5.41, 5.74) is 16.7. The lowest BCUT2D eigenvalue weighted by atomic mass is 9.96. The van der Waals surface area contributed by atoms with Crippen molar-refractivity contribution in [2.45, 2.75) is 304 Å². The number of allylic oxidation sites excluding steroid dienone is 2. The molecule has 548 valence electrons. The Bertz CT molecular complexity index is 3400. The van der Waals surface area contributed by atoms with E-state index in [0.29, 0.717) is 65.1 Å². The van der Waals surface area contributed by atoms with Crippen LogP contribution < -0.4 is 0 Å². The van der Waals surface area contributed by atoms with Gasteiger partial charge in [-0.2, -0.15) is 13.7 Å². The van der Waals surface area contributed by atoms with Crippen LogP contribution in [0, 0.1) is 102 Å². The van der Waals surface area contributed by atoms with Crippen molar-refractivity contribution in [3.63, 3.8) is 0 Å². The molecule has 0 saturated carbocycles. The summed E-state index contributed by atoms with van der Waals surface area (Å²) >= 11 is 6.68. The van der Waals surface area contributed by atoms with Gasteiger partial charge in [0.15, 0.2) is 11.7 Å². The molecule has 0 spiro atoms. The fourth-order valence-corrected chi connectivity index (χ4v) is 13.8. The average molecular weight is 1430 g/mol. The van der Waals surface area contributed by atoms with Gasteiger partial charge in [-0.3, -0.25) is 9.98 Å². The van der Waals surface area contributed by atoms with Crippen LogP contribution in [0.1, 0.15) is 329 Å². The Balaban J connectivity index is 0.000000545. The van der Waals surface area contributed by atoms with E-state index in [2.05, 4.69) is 258 Å². The van der Waals surface area contributed by atoms with Gasteiger partial charge in [0.25, 0.3) is 0 Å². The van der Waals surface area contributed by atoms with Crippen LogP contribution in [0.15, 0.2) is 45.7 Å². The number of rotatable bonds is 10. The molecule has 10 heterocycles. The molecule has 0 N–H and O–H groups in total. The first-order valence-electron chi connectivity index (χ1n) is 34.9. The number of aryl methyl sites for hydroxylation is 11. The topological polar surface area (TPSA) is 211 Å². The number of nitrogens with zero attached hydrogens (tertiary/aromatic N) is 14. The van der Waals surface area contributed by atoms with Crippen LogP contribution in [0.4, 0.5) is 0 Å². The minimum absolute atomic E-state index is 0.363. The zero-order valence-electron chi connectivity index (χ0n) is 67.8. The maximum Gasteiger partial charge on any atom is 0.223 e. The third-order valence-corrected chi connectivity index (χ3v) is 19.4. The zero-order chi connectivity index (χ0) is 75.5. The first kappa shape index (κ1) is 90.0. The van der Waals surface area contributed by atoms with E-state index in [1.807, 2.05) is 78.3 Å². The van der Waals surface area contributed by atoms with Gasteiger partial charge in [-0.05, 0) is 190 Å². The smallest absolute Gasteiger partial charge is 0.223 e. The summed E-state index contributed by atoms with van der Waals surface area (Å²) in [5.74, 6) is 12.4. The fourth-order valence-electron chi connectivity index (χ4n) is 10.5. The summed E-state index contributed by atoms with van der Waals surface area (Å²) in [7, 11) is 1.99. The predicted octanol–water partition coefficient (Wildman–Crippen LogP) is 23.1. The third kappa shape index (κ3) is 30.4. The minimum Gasteiger partial charge on any atom is -0.445 e. The van der Waals surface area contributed by atoms with Crippen molar-refractivity contribution in [2.75, 3.05) is 13.1 Å². The van der Waals surface area contributed by atoms with E-state index in [1.165, 1.54) is 98.1 Å². The number of thiazole rings is 2.